The summed E-state index contributed by atoms with van der Waals surface area (Å²) in [4.78, 5) is 15.7. The van der Waals surface area contributed by atoms with Crippen LogP contribution in [0, 0.1) is 62.6 Å². The summed E-state index contributed by atoms with van der Waals surface area (Å²) in [6, 6.07) is 0.920. The Labute approximate surface area is 347 Å². The molecule has 9 heteroatoms. The first kappa shape index (κ1) is 42.4. The summed E-state index contributed by atoms with van der Waals surface area (Å²) < 4.78 is 45.6. The predicted molar refractivity (Wildman–Crippen MR) is 233 cm³/mol. The van der Waals surface area contributed by atoms with E-state index in [1.54, 1.807) is 0 Å². The third-order valence-corrected chi connectivity index (χ3v) is 22.6. The van der Waals surface area contributed by atoms with Gasteiger partial charge in [0, 0.05) is 45.7 Å². The van der Waals surface area contributed by atoms with E-state index in [2.05, 4.69) is 90.1 Å². The molecule has 8 rings (SSSR count). The van der Waals surface area contributed by atoms with Crippen molar-refractivity contribution in [2.24, 2.45) is 62.6 Å². The third-order valence-electron chi connectivity index (χ3n) is 19.3. The molecule has 0 amide bonds. The van der Waals surface area contributed by atoms with Crippen molar-refractivity contribution in [3.63, 3.8) is 0 Å². The number of esters is 1. The van der Waals surface area contributed by atoms with E-state index in [4.69, 9.17) is 4.74 Å². The van der Waals surface area contributed by atoms with E-state index in [9.17, 15) is 13.2 Å². The summed E-state index contributed by atoms with van der Waals surface area (Å²) in [5.74, 6) is 3.07. The van der Waals surface area contributed by atoms with Gasteiger partial charge in [0.2, 0.25) is 0 Å². The number of allylic oxidation sites excluding steroid dienone is 5. The van der Waals surface area contributed by atoms with Crippen LogP contribution in [0.4, 0.5) is 4.39 Å². The number of nitrogens with one attached hydrogen (secondary N) is 1. The summed E-state index contributed by atoms with van der Waals surface area (Å²) >= 11 is 0. The molecule has 1 heterocycles. The maximum Gasteiger partial charge on any atom is 0.315 e. The van der Waals surface area contributed by atoms with Gasteiger partial charge in [-0.15, -0.1) is 0 Å². The van der Waals surface area contributed by atoms with Gasteiger partial charge < -0.3 is 15.0 Å². The lowest BCUT2D eigenvalue weighted by Gasteiger charge is -2.72. The van der Waals surface area contributed by atoms with Crippen molar-refractivity contribution in [1.29, 1.82) is 0 Å². The summed E-state index contributed by atoms with van der Waals surface area (Å²) in [5.41, 5.74) is 3.98. The lowest BCUT2D eigenvalue weighted by Crippen LogP contribution is -2.68. The molecule has 1 saturated heterocycles. The van der Waals surface area contributed by atoms with Gasteiger partial charge in [-0.1, -0.05) is 78.6 Å². The summed E-state index contributed by atoms with van der Waals surface area (Å²) in [6.45, 7) is 30.4. The lowest BCUT2D eigenvalue weighted by atomic mass is 9.33. The van der Waals surface area contributed by atoms with Crippen molar-refractivity contribution < 1.29 is 22.3 Å². The van der Waals surface area contributed by atoms with Crippen LogP contribution < -0.4 is 5.32 Å². The monoisotopic (exact) mass is 825 g/mol. The average molecular weight is 825 g/mol. The Balaban J connectivity index is 1.000. The van der Waals surface area contributed by atoms with E-state index in [1.165, 1.54) is 68.1 Å². The second-order valence-corrected chi connectivity index (χ2v) is 31.4. The van der Waals surface area contributed by atoms with E-state index in [-0.39, 0.29) is 39.1 Å². The van der Waals surface area contributed by atoms with Gasteiger partial charge in [-0.2, -0.15) is 0 Å². The zero-order valence-electron chi connectivity index (χ0n) is 37.2. The molecule has 1 N–H and O–H groups in total. The highest BCUT2D eigenvalue weighted by molar-refractivity contribution is 7.91. The van der Waals surface area contributed by atoms with Crippen molar-refractivity contribution in [3.8, 4) is 0 Å². The highest BCUT2D eigenvalue weighted by Gasteiger charge is 2.73. The van der Waals surface area contributed by atoms with Crippen LogP contribution in [0.2, 0.25) is 25.7 Å². The number of hydrogen-bond donors (Lipinski definition) is 1. The molecule has 57 heavy (non-hydrogen) atoms. The molecule has 2 unspecified atom stereocenters. The van der Waals surface area contributed by atoms with Crippen LogP contribution in [-0.2, 0) is 19.4 Å². The maximum atomic E-state index is 15.7. The lowest BCUT2D eigenvalue weighted by molar-refractivity contribution is -0.221. The highest BCUT2D eigenvalue weighted by atomic mass is 32.2. The van der Waals surface area contributed by atoms with Gasteiger partial charge in [0.25, 0.3) is 0 Å². The minimum atomic E-state index is -2.87. The number of carbonyl (C=O) groups excluding carboxylic acids is 1. The summed E-state index contributed by atoms with van der Waals surface area (Å²) in [7, 11) is -4.21. The fourth-order valence-electron chi connectivity index (χ4n) is 15.8. The van der Waals surface area contributed by atoms with Crippen molar-refractivity contribution in [2.45, 2.75) is 150 Å². The molecular weight excluding hydrogens is 748 g/mol. The molecule has 320 valence electrons. The minimum absolute atomic E-state index is 0.0167. The van der Waals surface area contributed by atoms with Crippen molar-refractivity contribution in [2.75, 3.05) is 44.3 Å². The molecule has 0 aromatic rings. The predicted octanol–water partition coefficient (Wildman–Crippen LogP) is 9.81. The number of halogens is 1. The van der Waals surface area contributed by atoms with Crippen LogP contribution in [0.25, 0.3) is 0 Å². The number of sulfone groups is 1. The van der Waals surface area contributed by atoms with E-state index < -0.39 is 29.5 Å². The Kier molecular flexibility index (Phi) is 10.5. The number of carbonyl (C=O) groups is 1. The first-order chi connectivity index (χ1) is 26.5. The SMILES string of the molecule is C=C(C)[C@@H]1CC[C@]2(NCCN3CCS(=O)(=O)CC3)CC[C@]3(C)[C@H](CC[C@@H]4[C@@]5(C)CC=C(C6=CC[C@]7(C(=O)OCC[Si](C)(C)C)C(F)C7C6)C(C)(C)[C@@H]5CC[C@]43C)[C@@H]12. The van der Waals surface area contributed by atoms with Crippen LogP contribution in [0.5, 0.6) is 0 Å². The van der Waals surface area contributed by atoms with Crippen molar-refractivity contribution in [3.05, 3.63) is 35.5 Å². The topological polar surface area (TPSA) is 75.7 Å². The quantitative estimate of drug-likeness (QED) is 0.134. The second-order valence-electron chi connectivity index (χ2n) is 23.4. The van der Waals surface area contributed by atoms with Crippen molar-refractivity contribution >= 4 is 23.9 Å². The Morgan fingerprint density at radius 2 is 1.65 bits per heavy atom. The first-order valence-electron chi connectivity index (χ1n) is 23.1. The number of fused-ring (bicyclic) bond motifs is 8. The van der Waals surface area contributed by atoms with Crippen LogP contribution >= 0.6 is 0 Å². The Hall–Kier alpha value is -1.29. The smallest absolute Gasteiger partial charge is 0.315 e. The second kappa shape index (κ2) is 14.1. The maximum absolute atomic E-state index is 15.7. The molecule has 7 aliphatic carbocycles. The minimum Gasteiger partial charge on any atom is -0.465 e. The molecule has 0 radical (unpaired) electrons. The van der Waals surface area contributed by atoms with Crippen LogP contribution in [0.1, 0.15) is 112 Å². The molecule has 8 aliphatic rings. The van der Waals surface area contributed by atoms with Gasteiger partial charge in [0.1, 0.15) is 11.6 Å². The molecule has 1 aliphatic heterocycles. The molecular formula is C48H77FN2O4SSi. The molecule has 6 fully saturated rings. The van der Waals surface area contributed by atoms with Gasteiger partial charge in [-0.3, -0.25) is 4.79 Å². The zero-order chi connectivity index (χ0) is 41.2. The van der Waals surface area contributed by atoms with Gasteiger partial charge >= 0.3 is 5.97 Å². The van der Waals surface area contributed by atoms with E-state index in [0.29, 0.717) is 73.6 Å². The van der Waals surface area contributed by atoms with Crippen LogP contribution in [0.3, 0.4) is 0 Å². The molecule has 0 bridgehead atoms. The zero-order valence-corrected chi connectivity index (χ0v) is 39.0. The van der Waals surface area contributed by atoms with Crippen LogP contribution in [0.15, 0.2) is 35.5 Å². The third kappa shape index (κ3) is 6.60. The number of ether oxygens (including phenoxy) is 1. The summed E-state index contributed by atoms with van der Waals surface area (Å²) in [6.07, 6.45) is 16.0. The Morgan fingerprint density at radius 3 is 2.32 bits per heavy atom. The van der Waals surface area contributed by atoms with Crippen molar-refractivity contribution in [1.82, 2.24) is 10.2 Å². The number of alkyl halides is 1. The molecule has 5 saturated carbocycles. The first-order valence-corrected chi connectivity index (χ1v) is 28.6. The highest BCUT2D eigenvalue weighted by Crippen LogP contribution is 2.77. The molecule has 12 atom stereocenters. The van der Waals surface area contributed by atoms with Gasteiger partial charge in [-0.25, -0.2) is 12.8 Å². The molecule has 0 aromatic heterocycles. The average Bonchev–Trinajstić information content (AvgIpc) is 3.52. The fourth-order valence-corrected chi connectivity index (χ4v) is 17.8. The van der Waals surface area contributed by atoms with Gasteiger partial charge in [0.05, 0.1) is 18.1 Å². The number of rotatable bonds is 10. The van der Waals surface area contributed by atoms with Crippen LogP contribution in [-0.4, -0.2) is 83.4 Å². The normalized spacial score (nSPS) is 45.9. The van der Waals surface area contributed by atoms with E-state index >= 15 is 4.39 Å². The number of nitrogens with zero attached hydrogens (tertiary/aromatic N) is 1. The fraction of sp³-hybridized carbons (Fsp3) is 0.854. The summed E-state index contributed by atoms with van der Waals surface area (Å²) in [5, 5.41) is 4.22. The Bertz CT molecular complexity index is 1810. The standard InChI is InChI=1S/C48H77FN2O4SSi/c1-32(2)34-14-19-47(50-23-24-51-25-28-56(53,54)29-26-51)22-21-45(6)36(40(34)47)11-12-39-44(5)17-15-35(43(3,4)38(44)16-18-46(39,45)7)33-13-20-48(37(31-33)41(48)49)42(52)55-27-30-57(8,9)10/h13,15,34,36-41,50H,1,11-12,14,16-31H2,2-10H3/t34-,36+,37?,38-,39+,40+,41?,44-,45+,46+,47-,48+/m0/s1. The molecule has 0 aromatic carbocycles. The number of hydrogen-bond acceptors (Lipinski definition) is 6. The largest absolute Gasteiger partial charge is 0.465 e. The van der Waals surface area contributed by atoms with E-state index in [0.717, 1.165) is 25.6 Å². The van der Waals surface area contributed by atoms with Gasteiger partial charge in [-0.05, 0) is 146 Å². The van der Waals surface area contributed by atoms with Gasteiger partial charge in [0.15, 0.2) is 9.84 Å². The van der Waals surface area contributed by atoms with E-state index in [1.807, 2.05) is 0 Å². The molecule has 0 spiro atoms. The molecule has 6 nitrogen and oxygen atoms in total. The Morgan fingerprint density at radius 1 is 0.930 bits per heavy atom.